The summed E-state index contributed by atoms with van der Waals surface area (Å²) in [6, 6.07) is 2.66. The molecule has 0 N–H and O–H groups in total. The summed E-state index contributed by atoms with van der Waals surface area (Å²) in [5, 5.41) is -0.179. The van der Waals surface area contributed by atoms with Gasteiger partial charge >= 0.3 is 0 Å². The molecular weight excluding hydrogens is 357 g/mol. The molecule has 2 rings (SSSR count). The van der Waals surface area contributed by atoms with Crippen molar-refractivity contribution in [1.29, 1.82) is 0 Å². The third-order valence-corrected chi connectivity index (χ3v) is 5.83. The molecule has 1 aromatic carbocycles. The molecule has 1 amide bonds. The van der Waals surface area contributed by atoms with Gasteiger partial charge in [0.1, 0.15) is 4.90 Å². The normalized spacial score (nSPS) is 19.6. The second kappa shape index (κ2) is 6.32. The summed E-state index contributed by atoms with van der Waals surface area (Å²) in [4.78, 5) is 13.9. The molecule has 0 radical (unpaired) electrons. The van der Waals surface area contributed by atoms with E-state index in [1.54, 1.807) is 4.90 Å². The number of benzene rings is 1. The first-order valence-corrected chi connectivity index (χ1v) is 9.53. The van der Waals surface area contributed by atoms with Crippen LogP contribution in [0.15, 0.2) is 17.0 Å². The van der Waals surface area contributed by atoms with Crippen molar-refractivity contribution >= 4 is 48.8 Å². The van der Waals surface area contributed by atoms with Crippen LogP contribution in [-0.4, -0.2) is 31.8 Å². The Kier molecular flexibility index (Phi) is 5.08. The van der Waals surface area contributed by atoms with Gasteiger partial charge in [0.2, 0.25) is 0 Å². The highest BCUT2D eigenvalue weighted by Crippen LogP contribution is 2.33. The number of amides is 1. The van der Waals surface area contributed by atoms with Crippen molar-refractivity contribution in [2.75, 3.05) is 6.54 Å². The monoisotopic (exact) mass is 369 g/mol. The van der Waals surface area contributed by atoms with Gasteiger partial charge in [-0.25, -0.2) is 8.42 Å². The highest BCUT2D eigenvalue weighted by Gasteiger charge is 2.27. The molecule has 1 heterocycles. The van der Waals surface area contributed by atoms with Gasteiger partial charge in [-0.1, -0.05) is 23.2 Å². The van der Waals surface area contributed by atoms with Gasteiger partial charge in [-0.15, -0.1) is 0 Å². The molecule has 0 saturated carbocycles. The molecule has 21 heavy (non-hydrogen) atoms. The number of rotatable bonds is 2. The molecule has 1 fully saturated rings. The van der Waals surface area contributed by atoms with Crippen molar-refractivity contribution < 1.29 is 13.2 Å². The second-order valence-electron chi connectivity index (χ2n) is 5.05. The Bertz CT molecular complexity index is 675. The number of halogens is 3. The van der Waals surface area contributed by atoms with Gasteiger partial charge in [0.05, 0.1) is 10.0 Å². The third-order valence-electron chi connectivity index (χ3n) is 3.57. The summed E-state index contributed by atoms with van der Waals surface area (Å²) in [5.74, 6) is -0.262. The summed E-state index contributed by atoms with van der Waals surface area (Å²) in [5.41, 5.74) is 0.178. The van der Waals surface area contributed by atoms with Gasteiger partial charge in [-0.2, -0.15) is 0 Å². The highest BCUT2D eigenvalue weighted by molar-refractivity contribution is 8.13. The standard InChI is InChI=1S/C13H14Cl3NO3S/c1-8-4-2-3-5-17(8)13(18)9-6-10(14)12(15)11(7-9)21(16,19)20/h6-8H,2-5H2,1H3. The summed E-state index contributed by atoms with van der Waals surface area (Å²) < 4.78 is 23.0. The van der Waals surface area contributed by atoms with Crippen molar-refractivity contribution in [2.24, 2.45) is 0 Å². The molecule has 8 heteroatoms. The number of carbonyl (C=O) groups is 1. The zero-order valence-electron chi connectivity index (χ0n) is 11.3. The lowest BCUT2D eigenvalue weighted by molar-refractivity contribution is 0.0635. The SMILES string of the molecule is CC1CCCCN1C(=O)c1cc(Cl)c(Cl)c(S(=O)(=O)Cl)c1. The molecule has 1 aromatic rings. The lowest BCUT2D eigenvalue weighted by Gasteiger charge is -2.33. The predicted octanol–water partition coefficient (Wildman–Crippen LogP) is 3.94. The van der Waals surface area contributed by atoms with Crippen molar-refractivity contribution in [3.8, 4) is 0 Å². The van der Waals surface area contributed by atoms with Gasteiger partial charge in [0, 0.05) is 28.8 Å². The number of hydrogen-bond acceptors (Lipinski definition) is 3. The van der Waals surface area contributed by atoms with Gasteiger partial charge in [-0.05, 0) is 38.3 Å². The Morgan fingerprint density at radius 3 is 2.52 bits per heavy atom. The minimum Gasteiger partial charge on any atom is -0.336 e. The maximum Gasteiger partial charge on any atom is 0.262 e. The molecule has 116 valence electrons. The molecule has 0 spiro atoms. The maximum atomic E-state index is 12.5. The van der Waals surface area contributed by atoms with Crippen LogP contribution in [0.1, 0.15) is 36.5 Å². The van der Waals surface area contributed by atoms with Crippen molar-refractivity contribution in [2.45, 2.75) is 37.1 Å². The first-order chi connectivity index (χ1) is 9.71. The molecule has 1 aliphatic rings. The van der Waals surface area contributed by atoms with Crippen LogP contribution < -0.4 is 0 Å². The van der Waals surface area contributed by atoms with E-state index in [-0.39, 0.29) is 32.5 Å². The Balaban J connectivity index is 2.45. The van der Waals surface area contributed by atoms with Gasteiger partial charge in [0.25, 0.3) is 15.0 Å². The van der Waals surface area contributed by atoms with E-state index in [4.69, 9.17) is 33.9 Å². The fourth-order valence-electron chi connectivity index (χ4n) is 2.43. The Morgan fingerprint density at radius 2 is 1.95 bits per heavy atom. The lowest BCUT2D eigenvalue weighted by Crippen LogP contribution is -2.42. The largest absolute Gasteiger partial charge is 0.336 e. The Morgan fingerprint density at radius 1 is 1.29 bits per heavy atom. The lowest BCUT2D eigenvalue weighted by atomic mass is 10.0. The van der Waals surface area contributed by atoms with Gasteiger partial charge in [0.15, 0.2) is 0 Å². The van der Waals surface area contributed by atoms with Crippen LogP contribution in [-0.2, 0) is 9.05 Å². The van der Waals surface area contributed by atoms with Crippen LogP contribution in [0.4, 0.5) is 0 Å². The topological polar surface area (TPSA) is 54.5 Å². The quantitative estimate of drug-likeness (QED) is 0.741. The van der Waals surface area contributed by atoms with E-state index in [0.29, 0.717) is 6.54 Å². The highest BCUT2D eigenvalue weighted by atomic mass is 35.7. The van der Waals surface area contributed by atoms with Crippen LogP contribution in [0.2, 0.25) is 10.0 Å². The minimum absolute atomic E-state index is 0.00796. The molecule has 1 unspecified atom stereocenters. The van der Waals surface area contributed by atoms with Gasteiger partial charge < -0.3 is 4.90 Å². The van der Waals surface area contributed by atoms with E-state index in [9.17, 15) is 13.2 Å². The Hall–Kier alpha value is -0.490. The van der Waals surface area contributed by atoms with E-state index >= 15 is 0 Å². The first-order valence-electron chi connectivity index (χ1n) is 6.46. The summed E-state index contributed by atoms with van der Waals surface area (Å²) in [6.07, 6.45) is 2.93. The fourth-order valence-corrected chi connectivity index (χ4v) is 4.19. The van der Waals surface area contributed by atoms with Crippen LogP contribution in [0.25, 0.3) is 0 Å². The molecule has 0 bridgehead atoms. The van der Waals surface area contributed by atoms with Crippen LogP contribution in [0.5, 0.6) is 0 Å². The summed E-state index contributed by atoms with van der Waals surface area (Å²) in [6.45, 7) is 2.61. The maximum absolute atomic E-state index is 12.5. The smallest absolute Gasteiger partial charge is 0.262 e. The number of piperidine rings is 1. The van der Waals surface area contributed by atoms with E-state index in [1.807, 2.05) is 6.92 Å². The fraction of sp³-hybridized carbons (Fsp3) is 0.462. The molecule has 4 nitrogen and oxygen atoms in total. The Labute approximate surface area is 138 Å². The molecule has 1 saturated heterocycles. The van der Waals surface area contributed by atoms with Crippen molar-refractivity contribution in [3.05, 3.63) is 27.7 Å². The number of hydrogen-bond donors (Lipinski definition) is 0. The third kappa shape index (κ3) is 3.65. The second-order valence-corrected chi connectivity index (χ2v) is 8.37. The van der Waals surface area contributed by atoms with E-state index in [2.05, 4.69) is 0 Å². The molecule has 1 atom stereocenters. The van der Waals surface area contributed by atoms with Gasteiger partial charge in [-0.3, -0.25) is 4.79 Å². The summed E-state index contributed by atoms with van der Waals surface area (Å²) in [7, 11) is 1.26. The molecule has 1 aliphatic heterocycles. The zero-order chi connectivity index (χ0) is 15.8. The van der Waals surface area contributed by atoms with E-state index in [1.165, 1.54) is 12.1 Å². The molecule has 0 aromatic heterocycles. The number of likely N-dealkylation sites (tertiary alicyclic amines) is 1. The number of nitrogens with zero attached hydrogens (tertiary/aromatic N) is 1. The van der Waals surface area contributed by atoms with Crippen LogP contribution in [0.3, 0.4) is 0 Å². The minimum atomic E-state index is -4.07. The van der Waals surface area contributed by atoms with Crippen LogP contribution in [0, 0.1) is 0 Å². The first kappa shape index (κ1) is 16.9. The average molecular weight is 371 g/mol. The van der Waals surface area contributed by atoms with E-state index in [0.717, 1.165) is 19.3 Å². The zero-order valence-corrected chi connectivity index (χ0v) is 14.4. The van der Waals surface area contributed by atoms with Crippen molar-refractivity contribution in [3.63, 3.8) is 0 Å². The number of carbonyl (C=O) groups excluding carboxylic acids is 1. The molecular formula is C13H14Cl3NO3S. The predicted molar refractivity (Wildman–Crippen MR) is 83.9 cm³/mol. The average Bonchev–Trinajstić information content (AvgIpc) is 2.40. The summed E-state index contributed by atoms with van der Waals surface area (Å²) >= 11 is 11.8. The van der Waals surface area contributed by atoms with Crippen molar-refractivity contribution in [1.82, 2.24) is 4.90 Å². The van der Waals surface area contributed by atoms with E-state index < -0.39 is 9.05 Å². The molecule has 0 aliphatic carbocycles. The van der Waals surface area contributed by atoms with Crippen LogP contribution >= 0.6 is 33.9 Å².